The van der Waals surface area contributed by atoms with Crippen molar-refractivity contribution in [2.45, 2.75) is 12.2 Å². The van der Waals surface area contributed by atoms with Crippen LogP contribution in [0.4, 0.5) is 0 Å². The zero-order valence-corrected chi connectivity index (χ0v) is 9.96. The topological polar surface area (TPSA) is 156 Å². The van der Waals surface area contributed by atoms with Gasteiger partial charge in [0.15, 0.2) is 11.5 Å². The molecule has 2 aliphatic carbocycles. The summed E-state index contributed by atoms with van der Waals surface area (Å²) in [6.07, 6.45) is 0.918. The van der Waals surface area contributed by atoms with Crippen molar-refractivity contribution in [3.05, 3.63) is 47.3 Å². The molecule has 0 saturated heterocycles. The summed E-state index contributed by atoms with van der Waals surface area (Å²) in [4.78, 5) is 20.9. The first-order chi connectivity index (χ1) is 9.22. The number of ketones is 2. The highest BCUT2D eigenvalue weighted by Crippen LogP contribution is 2.13. The van der Waals surface area contributed by atoms with Crippen molar-refractivity contribution in [1.29, 1.82) is 0 Å². The van der Waals surface area contributed by atoms with E-state index in [0.29, 0.717) is 12.2 Å². The summed E-state index contributed by atoms with van der Waals surface area (Å²) < 4.78 is 0. The predicted octanol–water partition coefficient (Wildman–Crippen LogP) is -0.372. The van der Waals surface area contributed by atoms with E-state index in [1.54, 1.807) is 0 Å². The molecule has 0 bridgehead atoms. The largest absolute Gasteiger partial charge is 0.509 e. The lowest BCUT2D eigenvalue weighted by Gasteiger charge is -2.14. The second-order valence-electron chi connectivity index (χ2n) is 3.86. The van der Waals surface area contributed by atoms with Crippen molar-refractivity contribution in [1.82, 2.24) is 0 Å². The average molecular weight is 284 g/mol. The predicted molar refractivity (Wildman–Crippen MR) is 64.9 cm³/mol. The molecule has 108 valence electrons. The van der Waals surface area contributed by atoms with Crippen LogP contribution in [0.5, 0.6) is 0 Å². The first-order valence-electron chi connectivity index (χ1n) is 5.30. The van der Waals surface area contributed by atoms with Crippen LogP contribution >= 0.6 is 0 Å². The molecule has 0 fully saturated rings. The monoisotopic (exact) mass is 284 g/mol. The lowest BCUT2D eigenvalue weighted by molar-refractivity contribution is -0.118. The van der Waals surface area contributed by atoms with E-state index in [9.17, 15) is 9.59 Å². The van der Waals surface area contributed by atoms with Crippen LogP contribution in [0, 0.1) is 0 Å². The van der Waals surface area contributed by atoms with E-state index in [1.807, 2.05) is 0 Å². The quantitative estimate of drug-likeness (QED) is 0.329. The van der Waals surface area contributed by atoms with E-state index in [4.69, 9.17) is 30.6 Å². The summed E-state index contributed by atoms with van der Waals surface area (Å²) in [5.41, 5.74) is 0. The molecule has 2 rings (SSSR count). The molecule has 8 nitrogen and oxygen atoms in total. The van der Waals surface area contributed by atoms with Gasteiger partial charge in [0.05, 0.1) is 0 Å². The summed E-state index contributed by atoms with van der Waals surface area (Å²) >= 11 is 0. The number of carbonyl (C=O) groups is 2. The second-order valence-corrected chi connectivity index (χ2v) is 3.86. The molecule has 0 amide bonds. The first kappa shape index (κ1) is 15.5. The fourth-order valence-corrected chi connectivity index (χ4v) is 1.23. The van der Waals surface area contributed by atoms with Gasteiger partial charge in [-0.1, -0.05) is 0 Å². The summed E-state index contributed by atoms with van der Waals surface area (Å²) in [6.45, 7) is 0. The number of aliphatic hydroxyl groups excluding tert-OH is 6. The Morgan fingerprint density at radius 3 is 1.30 bits per heavy atom. The van der Waals surface area contributed by atoms with Gasteiger partial charge in [-0.05, 0) is 12.2 Å². The van der Waals surface area contributed by atoms with Crippen molar-refractivity contribution in [3.8, 4) is 0 Å². The summed E-state index contributed by atoms with van der Waals surface area (Å²) in [5, 5.41) is 52.3. The molecule has 0 heterocycles. The normalized spacial score (nSPS) is 25.7. The second kappa shape index (κ2) is 6.04. The van der Waals surface area contributed by atoms with Crippen molar-refractivity contribution in [3.63, 3.8) is 0 Å². The van der Waals surface area contributed by atoms with Crippen molar-refractivity contribution < 1.29 is 40.2 Å². The van der Waals surface area contributed by atoms with Crippen molar-refractivity contribution in [2.24, 2.45) is 0 Å². The van der Waals surface area contributed by atoms with Crippen LogP contribution in [0.25, 0.3) is 0 Å². The van der Waals surface area contributed by atoms with Gasteiger partial charge < -0.3 is 30.6 Å². The minimum absolute atomic E-state index is 0.342. The molecule has 0 saturated carbocycles. The highest BCUT2D eigenvalue weighted by Gasteiger charge is 2.19. The molecule has 0 spiro atoms. The van der Waals surface area contributed by atoms with E-state index < -0.39 is 35.3 Å². The average Bonchev–Trinajstić information content (AvgIpc) is 2.35. The molecule has 8 heteroatoms. The zero-order valence-electron chi connectivity index (χ0n) is 9.96. The molecular weight excluding hydrogens is 272 g/mol. The first-order valence-corrected chi connectivity index (χ1v) is 5.30. The van der Waals surface area contributed by atoms with Gasteiger partial charge >= 0.3 is 0 Å². The fraction of sp³-hybridized carbons (Fsp3) is 0.167. The van der Waals surface area contributed by atoms with Crippen molar-refractivity contribution in [2.75, 3.05) is 0 Å². The fourth-order valence-electron chi connectivity index (χ4n) is 1.23. The van der Waals surface area contributed by atoms with Crippen LogP contribution in [-0.2, 0) is 9.59 Å². The van der Waals surface area contributed by atoms with Crippen LogP contribution in [0.1, 0.15) is 0 Å². The Kier molecular flexibility index (Phi) is 4.68. The van der Waals surface area contributed by atoms with Gasteiger partial charge in [0.2, 0.25) is 11.6 Å². The maximum absolute atomic E-state index is 10.4. The molecule has 20 heavy (non-hydrogen) atoms. The number of allylic oxidation sites excluding steroid dienone is 2. The molecule has 2 unspecified atom stereocenters. The molecule has 0 aromatic carbocycles. The molecule has 6 N–H and O–H groups in total. The Balaban J connectivity index is 0.000000200. The maximum Gasteiger partial charge on any atom is 0.224 e. The molecule has 0 aliphatic heterocycles. The zero-order chi connectivity index (χ0) is 15.4. The third-order valence-corrected chi connectivity index (χ3v) is 2.30. The summed E-state index contributed by atoms with van der Waals surface area (Å²) in [5.74, 6) is -3.46. The molecule has 2 aliphatic rings. The highest BCUT2D eigenvalue weighted by atomic mass is 16.3. The van der Waals surface area contributed by atoms with Crippen LogP contribution in [0.15, 0.2) is 47.3 Å². The summed E-state index contributed by atoms with van der Waals surface area (Å²) in [6, 6.07) is 0. The third kappa shape index (κ3) is 3.70. The number of aliphatic hydroxyl groups is 6. The Labute approximate surface area is 112 Å². The van der Waals surface area contributed by atoms with Gasteiger partial charge in [-0.3, -0.25) is 9.59 Å². The van der Waals surface area contributed by atoms with Crippen LogP contribution < -0.4 is 0 Å². The number of hydrogen-bond donors (Lipinski definition) is 6. The molecule has 0 radical (unpaired) electrons. The molecule has 2 atom stereocenters. The smallest absolute Gasteiger partial charge is 0.224 e. The number of hydrogen-bond acceptors (Lipinski definition) is 8. The molecule has 0 aromatic rings. The summed E-state index contributed by atoms with van der Waals surface area (Å²) in [7, 11) is 0. The van der Waals surface area contributed by atoms with Gasteiger partial charge in [-0.25, -0.2) is 0 Å². The Hall–Kier alpha value is -2.58. The SMILES string of the molecule is O=C1C=C(O)C(=O)C=C1O.OC1=CC(O)C(O)=CC1O. The van der Waals surface area contributed by atoms with Crippen molar-refractivity contribution >= 4 is 11.6 Å². The van der Waals surface area contributed by atoms with E-state index in [0.717, 1.165) is 12.2 Å². The lowest BCUT2D eigenvalue weighted by atomic mass is 10.1. The number of rotatable bonds is 0. The van der Waals surface area contributed by atoms with Gasteiger partial charge in [-0.15, -0.1) is 0 Å². The Morgan fingerprint density at radius 1 is 0.700 bits per heavy atom. The van der Waals surface area contributed by atoms with Crippen LogP contribution in [-0.4, -0.2) is 54.4 Å². The third-order valence-electron chi connectivity index (χ3n) is 2.30. The minimum atomic E-state index is -1.19. The van der Waals surface area contributed by atoms with E-state index in [1.165, 1.54) is 0 Å². The lowest BCUT2D eigenvalue weighted by Crippen LogP contribution is -2.20. The van der Waals surface area contributed by atoms with Gasteiger partial charge in [0, 0.05) is 12.2 Å². The van der Waals surface area contributed by atoms with Gasteiger partial charge in [0.25, 0.3) is 0 Å². The van der Waals surface area contributed by atoms with Gasteiger partial charge in [0.1, 0.15) is 23.7 Å². The molecular formula is C12H12O8. The Morgan fingerprint density at radius 2 is 1.00 bits per heavy atom. The Bertz CT molecular complexity index is 502. The van der Waals surface area contributed by atoms with E-state index in [2.05, 4.69) is 0 Å². The number of carbonyl (C=O) groups excluding carboxylic acids is 2. The minimum Gasteiger partial charge on any atom is -0.509 e. The van der Waals surface area contributed by atoms with Crippen LogP contribution in [0.3, 0.4) is 0 Å². The van der Waals surface area contributed by atoms with Gasteiger partial charge in [-0.2, -0.15) is 0 Å². The maximum atomic E-state index is 10.4. The standard InChI is InChI=1S/C6H8O4.C6H4O4/c2*7-3-1-4(8)6(10)2-5(3)9/h1-3,6-10H;1-2,7,10H. The van der Waals surface area contributed by atoms with Crippen LogP contribution in [0.2, 0.25) is 0 Å². The van der Waals surface area contributed by atoms with E-state index in [-0.39, 0.29) is 11.5 Å². The highest BCUT2D eigenvalue weighted by molar-refractivity contribution is 6.17. The van der Waals surface area contributed by atoms with E-state index >= 15 is 0 Å². The molecule has 0 aromatic heterocycles.